The predicted octanol–water partition coefficient (Wildman–Crippen LogP) is 3.07. The van der Waals surface area contributed by atoms with E-state index < -0.39 is 5.97 Å². The third-order valence-corrected chi connectivity index (χ3v) is 4.55. The highest BCUT2D eigenvalue weighted by Crippen LogP contribution is 2.34. The van der Waals surface area contributed by atoms with Crippen LogP contribution in [0.5, 0.6) is 0 Å². The second-order valence-corrected chi connectivity index (χ2v) is 6.09. The summed E-state index contributed by atoms with van der Waals surface area (Å²) < 4.78 is 17.7. The Morgan fingerprint density at radius 3 is 2.68 bits per heavy atom. The van der Waals surface area contributed by atoms with Crippen LogP contribution in [0.4, 0.5) is 4.39 Å². The summed E-state index contributed by atoms with van der Waals surface area (Å²) in [4.78, 5) is 28.0. The second kappa shape index (κ2) is 7.42. The number of benzene rings is 1. The van der Waals surface area contributed by atoms with Gasteiger partial charge in [-0.05, 0) is 42.7 Å². The Morgan fingerprint density at radius 2 is 1.96 bits per heavy atom. The number of carbonyl (C=O) groups excluding carboxylic acids is 2. The standard InChI is InChI=1S/C19H19FN2O3/c1-25-19(24)17-11-13(9-10-21-17)18(23)22-16-4-2-3-15(16)12-5-7-14(20)8-6-12/h5-11,15-16H,2-4H2,1H3,(H,22,23). The molecule has 1 aliphatic rings. The van der Waals surface area contributed by atoms with E-state index in [1.165, 1.54) is 31.5 Å². The van der Waals surface area contributed by atoms with Gasteiger partial charge in [0.15, 0.2) is 0 Å². The summed E-state index contributed by atoms with van der Waals surface area (Å²) in [5, 5.41) is 3.03. The molecule has 2 unspecified atom stereocenters. The van der Waals surface area contributed by atoms with Crippen LogP contribution in [0, 0.1) is 5.82 Å². The van der Waals surface area contributed by atoms with Gasteiger partial charge in [-0.3, -0.25) is 4.79 Å². The number of methoxy groups -OCH3 is 1. The zero-order chi connectivity index (χ0) is 17.8. The van der Waals surface area contributed by atoms with Crippen LogP contribution >= 0.6 is 0 Å². The van der Waals surface area contributed by atoms with Crippen molar-refractivity contribution in [3.05, 3.63) is 65.2 Å². The zero-order valence-electron chi connectivity index (χ0n) is 13.9. The monoisotopic (exact) mass is 342 g/mol. The fourth-order valence-electron chi connectivity index (χ4n) is 3.28. The number of nitrogens with one attached hydrogen (secondary N) is 1. The molecule has 1 N–H and O–H groups in total. The van der Waals surface area contributed by atoms with E-state index in [-0.39, 0.29) is 29.4 Å². The van der Waals surface area contributed by atoms with Crippen molar-refractivity contribution in [3.8, 4) is 0 Å². The number of carbonyl (C=O) groups is 2. The maximum atomic E-state index is 13.1. The fraction of sp³-hybridized carbons (Fsp3) is 0.316. The van der Waals surface area contributed by atoms with Gasteiger partial charge in [0.1, 0.15) is 11.5 Å². The third kappa shape index (κ3) is 3.84. The van der Waals surface area contributed by atoms with Crippen LogP contribution in [0.15, 0.2) is 42.6 Å². The average Bonchev–Trinajstić information content (AvgIpc) is 3.09. The van der Waals surface area contributed by atoms with Gasteiger partial charge in [0, 0.05) is 23.7 Å². The molecule has 0 spiro atoms. The quantitative estimate of drug-likeness (QED) is 0.867. The highest BCUT2D eigenvalue weighted by atomic mass is 19.1. The largest absolute Gasteiger partial charge is 0.464 e. The van der Waals surface area contributed by atoms with E-state index in [4.69, 9.17) is 0 Å². The van der Waals surface area contributed by atoms with Gasteiger partial charge in [-0.15, -0.1) is 0 Å². The predicted molar refractivity (Wildman–Crippen MR) is 89.8 cm³/mol. The molecule has 1 aromatic carbocycles. The van der Waals surface area contributed by atoms with E-state index in [1.807, 2.05) is 0 Å². The summed E-state index contributed by atoms with van der Waals surface area (Å²) in [5.41, 5.74) is 1.48. The number of ether oxygens (including phenoxy) is 1. The summed E-state index contributed by atoms with van der Waals surface area (Å²) in [6.07, 6.45) is 4.22. The number of amides is 1. The lowest BCUT2D eigenvalue weighted by atomic mass is 9.94. The molecule has 5 nitrogen and oxygen atoms in total. The maximum absolute atomic E-state index is 13.1. The lowest BCUT2D eigenvalue weighted by Crippen LogP contribution is -2.36. The van der Waals surface area contributed by atoms with Crippen molar-refractivity contribution < 1.29 is 18.7 Å². The fourth-order valence-corrected chi connectivity index (χ4v) is 3.28. The Bertz CT molecular complexity index is 776. The molecule has 1 heterocycles. The summed E-state index contributed by atoms with van der Waals surface area (Å²) in [6.45, 7) is 0. The minimum atomic E-state index is -0.584. The van der Waals surface area contributed by atoms with Crippen LogP contribution in [0.25, 0.3) is 0 Å². The van der Waals surface area contributed by atoms with Crippen molar-refractivity contribution >= 4 is 11.9 Å². The first-order valence-electron chi connectivity index (χ1n) is 8.19. The van der Waals surface area contributed by atoms with Crippen LogP contribution in [0.1, 0.15) is 51.6 Å². The number of aromatic nitrogens is 1. The van der Waals surface area contributed by atoms with Crippen LogP contribution < -0.4 is 5.32 Å². The third-order valence-electron chi connectivity index (χ3n) is 4.55. The van der Waals surface area contributed by atoms with Gasteiger partial charge >= 0.3 is 5.97 Å². The molecule has 0 bridgehead atoms. The Labute approximate surface area is 145 Å². The van der Waals surface area contributed by atoms with Gasteiger partial charge in [-0.25, -0.2) is 14.2 Å². The molecule has 1 aromatic heterocycles. The molecule has 6 heteroatoms. The van der Waals surface area contributed by atoms with E-state index in [1.54, 1.807) is 18.2 Å². The molecular formula is C19H19FN2O3. The average molecular weight is 342 g/mol. The first-order chi connectivity index (χ1) is 12.1. The Kier molecular flexibility index (Phi) is 5.07. The lowest BCUT2D eigenvalue weighted by molar-refractivity contribution is 0.0594. The minimum Gasteiger partial charge on any atom is -0.464 e. The van der Waals surface area contributed by atoms with E-state index in [0.717, 1.165) is 24.8 Å². The second-order valence-electron chi connectivity index (χ2n) is 6.09. The maximum Gasteiger partial charge on any atom is 0.356 e. The summed E-state index contributed by atoms with van der Waals surface area (Å²) >= 11 is 0. The molecule has 1 fully saturated rings. The number of esters is 1. The summed E-state index contributed by atoms with van der Waals surface area (Å²) in [5.74, 6) is -0.952. The van der Waals surface area contributed by atoms with Gasteiger partial charge in [0.25, 0.3) is 5.91 Å². The molecule has 0 aliphatic heterocycles. The number of hydrogen-bond acceptors (Lipinski definition) is 4. The van der Waals surface area contributed by atoms with E-state index >= 15 is 0 Å². The number of nitrogens with zero attached hydrogens (tertiary/aromatic N) is 1. The van der Waals surface area contributed by atoms with Crippen LogP contribution in [0.3, 0.4) is 0 Å². The summed E-state index contributed by atoms with van der Waals surface area (Å²) in [6, 6.07) is 9.38. The molecule has 0 saturated heterocycles. The number of pyridine rings is 1. The number of rotatable bonds is 4. The molecule has 0 radical (unpaired) electrons. The van der Waals surface area contributed by atoms with E-state index in [9.17, 15) is 14.0 Å². The molecule has 3 rings (SSSR count). The first-order valence-corrected chi connectivity index (χ1v) is 8.19. The highest BCUT2D eigenvalue weighted by molar-refractivity contribution is 5.97. The molecule has 25 heavy (non-hydrogen) atoms. The van der Waals surface area contributed by atoms with Gasteiger partial charge in [0.05, 0.1) is 7.11 Å². The van der Waals surface area contributed by atoms with Crippen molar-refractivity contribution in [3.63, 3.8) is 0 Å². The molecule has 1 amide bonds. The smallest absolute Gasteiger partial charge is 0.356 e. The Morgan fingerprint density at radius 1 is 1.20 bits per heavy atom. The molecule has 1 saturated carbocycles. The first kappa shape index (κ1) is 17.1. The van der Waals surface area contributed by atoms with Gasteiger partial charge in [-0.1, -0.05) is 18.6 Å². The van der Waals surface area contributed by atoms with Crippen molar-refractivity contribution in [2.45, 2.75) is 31.2 Å². The molecule has 2 atom stereocenters. The van der Waals surface area contributed by atoms with E-state index in [0.29, 0.717) is 5.56 Å². The Balaban J connectivity index is 1.73. The summed E-state index contributed by atoms with van der Waals surface area (Å²) in [7, 11) is 1.27. The molecular weight excluding hydrogens is 323 g/mol. The minimum absolute atomic E-state index is 0.0206. The van der Waals surface area contributed by atoms with Crippen LogP contribution in [-0.2, 0) is 4.74 Å². The normalized spacial score (nSPS) is 19.4. The van der Waals surface area contributed by atoms with E-state index in [2.05, 4.69) is 15.0 Å². The SMILES string of the molecule is COC(=O)c1cc(C(=O)NC2CCCC2c2ccc(F)cc2)ccn1. The number of halogens is 1. The van der Waals surface area contributed by atoms with Crippen LogP contribution in [-0.4, -0.2) is 30.0 Å². The van der Waals surface area contributed by atoms with Crippen molar-refractivity contribution in [2.75, 3.05) is 7.11 Å². The van der Waals surface area contributed by atoms with Gasteiger partial charge in [-0.2, -0.15) is 0 Å². The zero-order valence-corrected chi connectivity index (χ0v) is 13.9. The van der Waals surface area contributed by atoms with Crippen molar-refractivity contribution in [2.24, 2.45) is 0 Å². The molecule has 2 aromatic rings. The Hall–Kier alpha value is -2.76. The molecule has 130 valence electrons. The van der Waals surface area contributed by atoms with Crippen molar-refractivity contribution in [1.82, 2.24) is 10.3 Å². The van der Waals surface area contributed by atoms with Gasteiger partial charge in [0.2, 0.25) is 0 Å². The lowest BCUT2D eigenvalue weighted by Gasteiger charge is -2.21. The topological polar surface area (TPSA) is 68.3 Å². The van der Waals surface area contributed by atoms with Crippen molar-refractivity contribution in [1.29, 1.82) is 0 Å². The molecule has 1 aliphatic carbocycles. The highest BCUT2D eigenvalue weighted by Gasteiger charge is 2.30. The van der Waals surface area contributed by atoms with Crippen LogP contribution in [0.2, 0.25) is 0 Å². The van der Waals surface area contributed by atoms with Gasteiger partial charge < -0.3 is 10.1 Å². The number of hydrogen-bond donors (Lipinski definition) is 1.